The molecule has 0 amide bonds. The average Bonchev–Trinajstić information content (AvgIpc) is 2.28. The van der Waals surface area contributed by atoms with Gasteiger partial charge >= 0.3 is 0 Å². The third-order valence-electron chi connectivity index (χ3n) is 3.52. The molecule has 0 aromatic rings. The number of quaternary nitrogens is 1. The van der Waals surface area contributed by atoms with E-state index in [2.05, 4.69) is 21.0 Å². The number of hydrogen-bond donors (Lipinski definition) is 0. The zero-order valence-electron chi connectivity index (χ0n) is 12.9. The van der Waals surface area contributed by atoms with Crippen LogP contribution in [-0.4, -0.2) is 50.4 Å². The third-order valence-corrected chi connectivity index (χ3v) is 4.31. The summed E-state index contributed by atoms with van der Waals surface area (Å²) >= 11 is 0. The monoisotopic (exact) mass is 293 g/mol. The fourth-order valence-corrected chi connectivity index (χ4v) is 2.81. The zero-order chi connectivity index (χ0) is 14.8. The second-order valence-corrected chi connectivity index (χ2v) is 7.64. The predicted molar refractivity (Wildman–Crippen MR) is 79.0 cm³/mol. The molecule has 0 radical (unpaired) electrons. The Morgan fingerprint density at radius 3 is 1.84 bits per heavy atom. The molecule has 0 unspecified atom stereocenters. The van der Waals surface area contributed by atoms with Gasteiger partial charge in [0.15, 0.2) is 0 Å². The van der Waals surface area contributed by atoms with Gasteiger partial charge in [0.05, 0.1) is 37.3 Å². The molecular weight excluding hydrogens is 262 g/mol. The van der Waals surface area contributed by atoms with Gasteiger partial charge in [-0.1, -0.05) is 32.6 Å². The van der Waals surface area contributed by atoms with Crippen LogP contribution in [-0.2, 0) is 10.1 Å². The van der Waals surface area contributed by atoms with Crippen LogP contribution in [0.5, 0.6) is 0 Å². The van der Waals surface area contributed by atoms with Crippen LogP contribution in [0.25, 0.3) is 0 Å². The zero-order valence-corrected chi connectivity index (χ0v) is 13.7. The molecule has 0 aromatic heterocycles. The number of nitrogens with zero attached hydrogens (tertiary/aromatic N) is 1. The van der Waals surface area contributed by atoms with Gasteiger partial charge in [-0.3, -0.25) is 0 Å². The van der Waals surface area contributed by atoms with E-state index in [-0.39, 0.29) is 5.75 Å². The van der Waals surface area contributed by atoms with Crippen LogP contribution in [0.15, 0.2) is 0 Å². The second kappa shape index (κ2) is 9.72. The molecule has 0 N–H and O–H groups in total. The Labute approximate surface area is 119 Å². The summed E-state index contributed by atoms with van der Waals surface area (Å²) in [4.78, 5) is 0. The van der Waals surface area contributed by atoms with E-state index < -0.39 is 10.1 Å². The lowest BCUT2D eigenvalue weighted by Gasteiger charge is -2.30. The van der Waals surface area contributed by atoms with Crippen LogP contribution < -0.4 is 0 Å². The first-order valence-corrected chi connectivity index (χ1v) is 9.10. The highest BCUT2D eigenvalue weighted by molar-refractivity contribution is 7.85. The standard InChI is InChI=1S/C14H31NO3S/c1-4-5-6-7-8-9-12-15(2,3)13-10-11-14-19(16,17)18/h4-14H2,1-3H3. The first kappa shape index (κ1) is 18.9. The van der Waals surface area contributed by atoms with Gasteiger partial charge in [0, 0.05) is 5.75 Å². The fourth-order valence-electron chi connectivity index (χ4n) is 2.25. The Bertz CT molecular complexity index is 313. The molecule has 19 heavy (non-hydrogen) atoms. The first-order chi connectivity index (χ1) is 8.77. The molecule has 0 saturated heterocycles. The van der Waals surface area contributed by atoms with Crippen molar-refractivity contribution in [3.05, 3.63) is 0 Å². The average molecular weight is 293 g/mol. The van der Waals surface area contributed by atoms with Crippen molar-refractivity contribution in [1.82, 2.24) is 0 Å². The van der Waals surface area contributed by atoms with Crippen LogP contribution in [0.2, 0.25) is 0 Å². The maximum Gasteiger partial charge on any atom is 0.0945 e. The van der Waals surface area contributed by atoms with Gasteiger partial charge < -0.3 is 9.04 Å². The molecule has 0 saturated carbocycles. The van der Waals surface area contributed by atoms with Gasteiger partial charge in [-0.05, 0) is 25.7 Å². The van der Waals surface area contributed by atoms with Crippen molar-refractivity contribution in [3.8, 4) is 0 Å². The van der Waals surface area contributed by atoms with Crippen LogP contribution in [0.4, 0.5) is 0 Å². The Kier molecular flexibility index (Phi) is 9.66. The summed E-state index contributed by atoms with van der Waals surface area (Å²) in [7, 11) is 0.328. The van der Waals surface area contributed by atoms with Crippen molar-refractivity contribution >= 4 is 10.1 Å². The summed E-state index contributed by atoms with van der Waals surface area (Å²) < 4.78 is 32.4. The number of hydrogen-bond acceptors (Lipinski definition) is 3. The molecule has 0 atom stereocenters. The van der Waals surface area contributed by atoms with E-state index in [0.717, 1.165) is 24.0 Å². The summed E-state index contributed by atoms with van der Waals surface area (Å²) in [5.41, 5.74) is 0. The molecule has 0 rings (SSSR count). The highest BCUT2D eigenvalue weighted by Gasteiger charge is 2.13. The van der Waals surface area contributed by atoms with Crippen molar-refractivity contribution in [2.24, 2.45) is 0 Å². The van der Waals surface area contributed by atoms with Crippen LogP contribution in [0, 0.1) is 0 Å². The molecule has 5 heteroatoms. The highest BCUT2D eigenvalue weighted by atomic mass is 32.2. The van der Waals surface area contributed by atoms with E-state index in [1.165, 1.54) is 38.5 Å². The van der Waals surface area contributed by atoms with Crippen molar-refractivity contribution in [1.29, 1.82) is 0 Å². The maximum atomic E-state index is 10.5. The Balaban J connectivity index is 3.57. The van der Waals surface area contributed by atoms with Gasteiger partial charge in [0.25, 0.3) is 0 Å². The molecule has 0 aliphatic carbocycles. The number of unbranched alkanes of at least 4 members (excludes halogenated alkanes) is 6. The Morgan fingerprint density at radius 1 is 0.842 bits per heavy atom. The molecule has 0 aliphatic heterocycles. The van der Waals surface area contributed by atoms with E-state index in [1.54, 1.807) is 0 Å². The minimum atomic E-state index is -4.03. The predicted octanol–water partition coefficient (Wildman–Crippen LogP) is 2.75. The van der Waals surface area contributed by atoms with Gasteiger partial charge in [-0.15, -0.1) is 0 Å². The topological polar surface area (TPSA) is 57.2 Å². The Morgan fingerprint density at radius 2 is 1.32 bits per heavy atom. The quantitative estimate of drug-likeness (QED) is 0.316. The molecule has 0 aromatic carbocycles. The summed E-state index contributed by atoms with van der Waals surface area (Å²) in [5, 5.41) is 0. The molecular formula is C14H31NO3S. The third kappa shape index (κ3) is 14.1. The largest absolute Gasteiger partial charge is 0.748 e. The van der Waals surface area contributed by atoms with Gasteiger partial charge in [0.2, 0.25) is 0 Å². The summed E-state index contributed by atoms with van der Waals surface area (Å²) in [6.45, 7) is 4.31. The van der Waals surface area contributed by atoms with Gasteiger partial charge in [0.1, 0.15) is 0 Å². The van der Waals surface area contributed by atoms with Gasteiger partial charge in [-0.2, -0.15) is 0 Å². The van der Waals surface area contributed by atoms with Crippen molar-refractivity contribution < 1.29 is 17.5 Å². The molecule has 116 valence electrons. The lowest BCUT2D eigenvalue weighted by atomic mass is 10.1. The highest BCUT2D eigenvalue weighted by Crippen LogP contribution is 2.09. The van der Waals surface area contributed by atoms with E-state index in [4.69, 9.17) is 0 Å². The normalized spacial score (nSPS) is 12.8. The first-order valence-electron chi connectivity index (χ1n) is 7.52. The van der Waals surface area contributed by atoms with Crippen LogP contribution in [0.3, 0.4) is 0 Å². The summed E-state index contributed by atoms with van der Waals surface area (Å²) in [5.74, 6) is -0.218. The fraction of sp³-hybridized carbons (Fsp3) is 1.00. The van der Waals surface area contributed by atoms with Crippen LogP contribution >= 0.6 is 0 Å². The Hall–Kier alpha value is -0.130. The SMILES string of the molecule is CCCCCCCC[N+](C)(C)CCCCS(=O)(=O)[O-]. The van der Waals surface area contributed by atoms with Crippen molar-refractivity contribution in [2.75, 3.05) is 32.9 Å². The molecule has 0 heterocycles. The van der Waals surface area contributed by atoms with Crippen LogP contribution in [0.1, 0.15) is 58.3 Å². The molecule has 4 nitrogen and oxygen atoms in total. The summed E-state index contributed by atoms with van der Waals surface area (Å²) in [6, 6.07) is 0. The van der Waals surface area contributed by atoms with Crippen molar-refractivity contribution in [2.45, 2.75) is 58.3 Å². The second-order valence-electron chi connectivity index (χ2n) is 6.12. The van der Waals surface area contributed by atoms with Gasteiger partial charge in [-0.25, -0.2) is 8.42 Å². The minimum Gasteiger partial charge on any atom is -0.748 e. The van der Waals surface area contributed by atoms with E-state index >= 15 is 0 Å². The number of rotatable bonds is 12. The lowest BCUT2D eigenvalue weighted by Crippen LogP contribution is -2.41. The smallest absolute Gasteiger partial charge is 0.0945 e. The van der Waals surface area contributed by atoms with E-state index in [1.807, 2.05) is 0 Å². The molecule has 0 spiro atoms. The van der Waals surface area contributed by atoms with E-state index in [0.29, 0.717) is 6.42 Å². The minimum absolute atomic E-state index is 0.218. The van der Waals surface area contributed by atoms with Crippen molar-refractivity contribution in [3.63, 3.8) is 0 Å². The molecule has 0 aliphatic rings. The summed E-state index contributed by atoms with van der Waals surface area (Å²) in [6.07, 6.45) is 9.10. The molecule has 0 bridgehead atoms. The maximum absolute atomic E-state index is 10.5. The lowest BCUT2D eigenvalue weighted by molar-refractivity contribution is -0.890. The molecule has 0 fully saturated rings. The van der Waals surface area contributed by atoms with E-state index in [9.17, 15) is 13.0 Å².